The maximum Gasteiger partial charge on any atom is 0.265 e. The van der Waals surface area contributed by atoms with Crippen molar-refractivity contribution in [1.82, 2.24) is 9.78 Å². The second kappa shape index (κ2) is 5.54. The van der Waals surface area contributed by atoms with Crippen LogP contribution in [0.1, 0.15) is 6.92 Å². The van der Waals surface area contributed by atoms with E-state index in [-0.39, 0.29) is 4.90 Å². The van der Waals surface area contributed by atoms with Gasteiger partial charge >= 0.3 is 0 Å². The molecule has 0 saturated heterocycles. The van der Waals surface area contributed by atoms with E-state index in [1.807, 2.05) is 38.1 Å². The van der Waals surface area contributed by atoms with Crippen molar-refractivity contribution in [2.45, 2.75) is 18.4 Å². The fraction of sp³-hybridized carbons (Fsp3) is 0.308. The molecule has 2 aromatic rings. The first kappa shape index (κ1) is 14.4. The van der Waals surface area contributed by atoms with Gasteiger partial charge in [-0.25, -0.2) is 8.42 Å². The smallest absolute Gasteiger partial charge is 0.265 e. The van der Waals surface area contributed by atoms with Crippen LogP contribution < -0.4 is 9.62 Å². The molecule has 0 unspecified atom stereocenters. The maximum absolute atomic E-state index is 12.2. The first-order chi connectivity index (χ1) is 9.42. The molecule has 0 fully saturated rings. The Labute approximate surface area is 119 Å². The number of hydrogen-bond acceptors (Lipinski definition) is 4. The number of nitrogens with one attached hydrogen (secondary N) is 1. The second-order valence-electron chi connectivity index (χ2n) is 4.58. The Balaban J connectivity index is 2.19. The van der Waals surface area contributed by atoms with Gasteiger partial charge in [0.1, 0.15) is 4.90 Å². The third kappa shape index (κ3) is 3.11. The highest BCUT2D eigenvalue weighted by atomic mass is 32.2. The second-order valence-corrected chi connectivity index (χ2v) is 6.26. The molecule has 0 aliphatic rings. The van der Waals surface area contributed by atoms with Crippen LogP contribution in [0.2, 0.25) is 0 Å². The average molecular weight is 294 g/mol. The molecular formula is C13H18N4O2S. The molecule has 0 aliphatic heterocycles. The summed E-state index contributed by atoms with van der Waals surface area (Å²) in [6.45, 7) is 2.53. The summed E-state index contributed by atoms with van der Waals surface area (Å²) in [5.41, 5.74) is 1.53. The Morgan fingerprint density at radius 3 is 2.40 bits per heavy atom. The largest absolute Gasteiger partial charge is 0.378 e. The molecule has 0 bridgehead atoms. The minimum absolute atomic E-state index is 0.163. The van der Waals surface area contributed by atoms with Crippen LogP contribution in [0.15, 0.2) is 41.6 Å². The zero-order chi connectivity index (χ0) is 14.8. The van der Waals surface area contributed by atoms with E-state index >= 15 is 0 Å². The van der Waals surface area contributed by atoms with Crippen molar-refractivity contribution in [3.63, 3.8) is 0 Å². The predicted molar refractivity (Wildman–Crippen MR) is 79.5 cm³/mol. The Morgan fingerprint density at radius 2 is 1.90 bits per heavy atom. The van der Waals surface area contributed by atoms with Crippen molar-refractivity contribution in [2.24, 2.45) is 0 Å². The molecule has 6 nitrogen and oxygen atoms in total. The fourth-order valence-corrected chi connectivity index (χ4v) is 2.71. The zero-order valence-electron chi connectivity index (χ0n) is 11.7. The lowest BCUT2D eigenvalue weighted by atomic mass is 10.3. The van der Waals surface area contributed by atoms with Crippen molar-refractivity contribution in [1.29, 1.82) is 0 Å². The van der Waals surface area contributed by atoms with Crippen LogP contribution in [-0.2, 0) is 16.6 Å². The standard InChI is InChI=1S/C13H18N4O2S/c1-4-17-10-13(9-14-17)20(18,19)15-11-5-7-12(8-6-11)16(2)3/h5-10,15H,4H2,1-3H3. The molecular weight excluding hydrogens is 276 g/mol. The number of sulfonamides is 1. The van der Waals surface area contributed by atoms with E-state index in [1.54, 1.807) is 16.8 Å². The van der Waals surface area contributed by atoms with Crippen molar-refractivity contribution < 1.29 is 8.42 Å². The van der Waals surface area contributed by atoms with Gasteiger partial charge in [0.25, 0.3) is 10.0 Å². The van der Waals surface area contributed by atoms with E-state index in [4.69, 9.17) is 0 Å². The van der Waals surface area contributed by atoms with Crippen LogP contribution in [0, 0.1) is 0 Å². The highest BCUT2D eigenvalue weighted by Crippen LogP contribution is 2.19. The van der Waals surface area contributed by atoms with Gasteiger partial charge in [0.2, 0.25) is 0 Å². The summed E-state index contributed by atoms with van der Waals surface area (Å²) in [6.07, 6.45) is 2.86. The van der Waals surface area contributed by atoms with Crippen LogP contribution >= 0.6 is 0 Å². The zero-order valence-corrected chi connectivity index (χ0v) is 12.6. The minimum Gasteiger partial charge on any atom is -0.378 e. The Morgan fingerprint density at radius 1 is 1.25 bits per heavy atom. The van der Waals surface area contributed by atoms with Crippen molar-refractivity contribution in [3.05, 3.63) is 36.7 Å². The number of nitrogens with zero attached hydrogens (tertiary/aromatic N) is 3. The Bertz CT molecular complexity index is 675. The lowest BCUT2D eigenvalue weighted by Gasteiger charge is -2.13. The normalized spacial score (nSPS) is 11.3. The lowest BCUT2D eigenvalue weighted by molar-refractivity contribution is 0.600. The number of benzene rings is 1. The van der Waals surface area contributed by atoms with Crippen LogP contribution in [-0.4, -0.2) is 32.3 Å². The van der Waals surface area contributed by atoms with Crippen molar-refractivity contribution in [3.8, 4) is 0 Å². The molecule has 1 N–H and O–H groups in total. The van der Waals surface area contributed by atoms with Crippen LogP contribution in [0.25, 0.3) is 0 Å². The van der Waals surface area contributed by atoms with E-state index in [2.05, 4.69) is 9.82 Å². The van der Waals surface area contributed by atoms with E-state index in [9.17, 15) is 8.42 Å². The third-order valence-electron chi connectivity index (χ3n) is 2.88. The van der Waals surface area contributed by atoms with Gasteiger partial charge in [-0.15, -0.1) is 0 Å². The first-order valence-corrected chi connectivity index (χ1v) is 7.73. The van der Waals surface area contributed by atoms with E-state index in [0.29, 0.717) is 12.2 Å². The first-order valence-electron chi connectivity index (χ1n) is 6.25. The fourth-order valence-electron chi connectivity index (χ4n) is 1.70. The molecule has 1 heterocycles. The van der Waals surface area contributed by atoms with Gasteiger partial charge in [-0.1, -0.05) is 0 Å². The molecule has 20 heavy (non-hydrogen) atoms. The topological polar surface area (TPSA) is 67.2 Å². The molecule has 7 heteroatoms. The summed E-state index contributed by atoms with van der Waals surface area (Å²) in [5.74, 6) is 0. The van der Waals surface area contributed by atoms with Crippen LogP contribution in [0.5, 0.6) is 0 Å². The SMILES string of the molecule is CCn1cc(S(=O)(=O)Nc2ccc(N(C)C)cc2)cn1. The molecule has 0 amide bonds. The molecule has 0 aliphatic carbocycles. The van der Waals surface area contributed by atoms with E-state index in [1.165, 1.54) is 12.4 Å². The van der Waals surface area contributed by atoms with Gasteiger partial charge in [-0.05, 0) is 31.2 Å². The molecule has 108 valence electrons. The van der Waals surface area contributed by atoms with Crippen molar-refractivity contribution in [2.75, 3.05) is 23.7 Å². The summed E-state index contributed by atoms with van der Waals surface area (Å²) in [5, 5.41) is 3.97. The van der Waals surface area contributed by atoms with Gasteiger partial charge in [-0.2, -0.15) is 5.10 Å². The number of rotatable bonds is 5. The molecule has 2 rings (SSSR count). The molecule has 0 radical (unpaired) electrons. The minimum atomic E-state index is -3.58. The highest BCUT2D eigenvalue weighted by Gasteiger charge is 2.16. The maximum atomic E-state index is 12.2. The number of aryl methyl sites for hydroxylation is 1. The Hall–Kier alpha value is -2.02. The summed E-state index contributed by atoms with van der Waals surface area (Å²) >= 11 is 0. The van der Waals surface area contributed by atoms with Gasteiger partial charge in [0.15, 0.2) is 0 Å². The van der Waals surface area contributed by atoms with E-state index in [0.717, 1.165) is 5.69 Å². The molecule has 1 aromatic carbocycles. The summed E-state index contributed by atoms with van der Waals surface area (Å²) in [4.78, 5) is 2.11. The van der Waals surface area contributed by atoms with Gasteiger partial charge in [0.05, 0.1) is 6.20 Å². The average Bonchev–Trinajstić information content (AvgIpc) is 2.88. The third-order valence-corrected chi connectivity index (χ3v) is 4.22. The summed E-state index contributed by atoms with van der Waals surface area (Å²) in [6, 6.07) is 7.18. The molecule has 0 spiro atoms. The monoisotopic (exact) mass is 294 g/mol. The molecule has 1 aromatic heterocycles. The van der Waals surface area contributed by atoms with Crippen LogP contribution in [0.3, 0.4) is 0 Å². The number of aromatic nitrogens is 2. The van der Waals surface area contributed by atoms with Gasteiger partial charge < -0.3 is 4.90 Å². The van der Waals surface area contributed by atoms with Crippen molar-refractivity contribution >= 4 is 21.4 Å². The summed E-state index contributed by atoms with van der Waals surface area (Å²) in [7, 11) is 0.275. The number of anilines is 2. The van der Waals surface area contributed by atoms with Crippen LogP contribution in [0.4, 0.5) is 11.4 Å². The molecule has 0 saturated carbocycles. The summed E-state index contributed by atoms with van der Waals surface area (Å²) < 4.78 is 28.5. The Kier molecular flexibility index (Phi) is 3.99. The number of hydrogen-bond donors (Lipinski definition) is 1. The molecule has 0 atom stereocenters. The lowest BCUT2D eigenvalue weighted by Crippen LogP contribution is -2.13. The van der Waals surface area contributed by atoms with Gasteiger partial charge in [0, 0.05) is 38.2 Å². The van der Waals surface area contributed by atoms with E-state index < -0.39 is 10.0 Å². The van der Waals surface area contributed by atoms with Gasteiger partial charge in [-0.3, -0.25) is 9.40 Å². The highest BCUT2D eigenvalue weighted by molar-refractivity contribution is 7.92. The predicted octanol–water partition coefficient (Wildman–Crippen LogP) is 1.77. The quantitative estimate of drug-likeness (QED) is 0.912.